The van der Waals surface area contributed by atoms with Crippen LogP contribution in [0.1, 0.15) is 19.7 Å². The molecule has 1 aromatic carbocycles. The summed E-state index contributed by atoms with van der Waals surface area (Å²) in [6.07, 6.45) is 0. The second kappa shape index (κ2) is 5.96. The van der Waals surface area contributed by atoms with Crippen molar-refractivity contribution in [3.05, 3.63) is 30.1 Å². The maximum atomic E-state index is 12.4. The van der Waals surface area contributed by atoms with E-state index in [0.29, 0.717) is 23.1 Å². The Labute approximate surface area is 148 Å². The first kappa shape index (κ1) is 15.8. The molecule has 4 rings (SSSR count). The van der Waals surface area contributed by atoms with Gasteiger partial charge in [0.2, 0.25) is 5.91 Å². The first-order valence-corrected chi connectivity index (χ1v) is 8.91. The summed E-state index contributed by atoms with van der Waals surface area (Å²) in [5.41, 5.74) is 1.49. The molecule has 1 aliphatic heterocycles. The Kier molecular flexibility index (Phi) is 3.76. The summed E-state index contributed by atoms with van der Waals surface area (Å²) in [6.45, 7) is 5.82. The third-order valence-corrected chi connectivity index (χ3v) is 4.98. The number of carbonyl (C=O) groups is 1. The van der Waals surface area contributed by atoms with Crippen LogP contribution in [0.2, 0.25) is 0 Å². The highest BCUT2D eigenvalue weighted by Gasteiger charge is 2.31. The van der Waals surface area contributed by atoms with Crippen molar-refractivity contribution in [1.82, 2.24) is 15.0 Å². The Morgan fingerprint density at radius 1 is 1.20 bits per heavy atom. The number of benzene rings is 1. The molecule has 0 aliphatic carbocycles. The van der Waals surface area contributed by atoms with Gasteiger partial charge < -0.3 is 16.0 Å². The van der Waals surface area contributed by atoms with Crippen LogP contribution in [0.15, 0.2) is 24.3 Å². The summed E-state index contributed by atoms with van der Waals surface area (Å²) in [5.74, 6) is 1.87. The first-order valence-electron chi connectivity index (χ1n) is 8.10. The fourth-order valence-corrected chi connectivity index (χ4v) is 3.66. The lowest BCUT2D eigenvalue weighted by Gasteiger charge is -2.29. The Hall–Kier alpha value is -2.74. The van der Waals surface area contributed by atoms with E-state index < -0.39 is 0 Å². The number of rotatable bonds is 3. The predicted octanol–water partition coefficient (Wildman–Crippen LogP) is 3.53. The highest BCUT2D eigenvalue weighted by molar-refractivity contribution is 7.22. The summed E-state index contributed by atoms with van der Waals surface area (Å²) < 4.78 is 1.09. The van der Waals surface area contributed by atoms with E-state index in [-0.39, 0.29) is 17.9 Å². The third kappa shape index (κ3) is 2.89. The summed E-state index contributed by atoms with van der Waals surface area (Å²) in [7, 11) is 0. The van der Waals surface area contributed by atoms with Gasteiger partial charge in [0.25, 0.3) is 0 Å². The highest BCUT2D eigenvalue weighted by Crippen LogP contribution is 2.36. The van der Waals surface area contributed by atoms with Crippen molar-refractivity contribution < 1.29 is 4.79 Å². The van der Waals surface area contributed by atoms with E-state index in [1.54, 1.807) is 0 Å². The number of hydrogen-bond acceptors (Lipinski definition) is 7. The van der Waals surface area contributed by atoms with E-state index in [0.717, 1.165) is 15.3 Å². The lowest BCUT2D eigenvalue weighted by atomic mass is 10.0. The summed E-state index contributed by atoms with van der Waals surface area (Å²) in [6, 6.07) is 7.62. The number of fused-ring (bicyclic) bond motifs is 2. The number of hydrogen-bond donors (Lipinski definition) is 3. The summed E-state index contributed by atoms with van der Waals surface area (Å²) in [5, 5.41) is 10.1. The fraction of sp³-hybridized carbons (Fsp3) is 0.294. The lowest BCUT2D eigenvalue weighted by Crippen LogP contribution is -2.43. The van der Waals surface area contributed by atoms with E-state index >= 15 is 0 Å². The van der Waals surface area contributed by atoms with E-state index in [9.17, 15) is 4.79 Å². The quantitative estimate of drug-likeness (QED) is 0.666. The van der Waals surface area contributed by atoms with Crippen LogP contribution in [0.4, 0.5) is 22.5 Å². The standard InChI is InChI=1S/C17H18N6OS/c1-8(2)12-16(24)22-13-14(21-12)18-9(3)19-15(13)23-17-20-10-6-4-5-7-11(10)25-17/h4-8,12H,1-3H3,(H,22,24)(H2,18,19,20,21,23). The normalized spacial score (nSPS) is 16.5. The molecule has 1 aliphatic rings. The predicted molar refractivity (Wildman–Crippen MR) is 101 cm³/mol. The summed E-state index contributed by atoms with van der Waals surface area (Å²) >= 11 is 1.54. The Balaban J connectivity index is 1.72. The second-order valence-electron chi connectivity index (χ2n) is 6.31. The molecule has 25 heavy (non-hydrogen) atoms. The average molecular weight is 354 g/mol. The molecule has 1 unspecified atom stereocenters. The Bertz CT molecular complexity index is 934. The molecule has 0 radical (unpaired) electrons. The van der Waals surface area contributed by atoms with Gasteiger partial charge in [-0.1, -0.05) is 37.3 Å². The van der Waals surface area contributed by atoms with Crippen LogP contribution < -0.4 is 16.0 Å². The monoisotopic (exact) mass is 354 g/mol. The van der Waals surface area contributed by atoms with Crippen molar-refractivity contribution in [3.8, 4) is 0 Å². The van der Waals surface area contributed by atoms with Crippen LogP contribution in [-0.4, -0.2) is 26.9 Å². The number of para-hydroxylation sites is 1. The highest BCUT2D eigenvalue weighted by atomic mass is 32.1. The topological polar surface area (TPSA) is 91.8 Å². The molecule has 7 nitrogen and oxygen atoms in total. The molecular weight excluding hydrogens is 336 g/mol. The molecule has 0 spiro atoms. The van der Waals surface area contributed by atoms with Crippen molar-refractivity contribution >= 4 is 49.9 Å². The minimum absolute atomic E-state index is 0.0812. The van der Waals surface area contributed by atoms with Crippen LogP contribution >= 0.6 is 11.3 Å². The second-order valence-corrected chi connectivity index (χ2v) is 7.34. The number of aromatic nitrogens is 3. The molecule has 8 heteroatoms. The van der Waals surface area contributed by atoms with E-state index in [1.807, 2.05) is 45.0 Å². The Morgan fingerprint density at radius 2 is 2.00 bits per heavy atom. The van der Waals surface area contributed by atoms with Crippen LogP contribution in [0.5, 0.6) is 0 Å². The molecule has 3 N–H and O–H groups in total. The van der Waals surface area contributed by atoms with Gasteiger partial charge in [0.1, 0.15) is 17.6 Å². The van der Waals surface area contributed by atoms with Crippen molar-refractivity contribution in [2.24, 2.45) is 5.92 Å². The minimum atomic E-state index is -0.308. The van der Waals surface area contributed by atoms with Gasteiger partial charge in [-0.15, -0.1) is 0 Å². The number of thiazole rings is 1. The van der Waals surface area contributed by atoms with Crippen molar-refractivity contribution in [3.63, 3.8) is 0 Å². The minimum Gasteiger partial charge on any atom is -0.356 e. The molecule has 3 aromatic rings. The number of nitrogens with one attached hydrogen (secondary N) is 3. The lowest BCUT2D eigenvalue weighted by molar-refractivity contribution is -0.117. The number of amides is 1. The van der Waals surface area contributed by atoms with E-state index in [2.05, 4.69) is 30.9 Å². The average Bonchev–Trinajstić information content (AvgIpc) is 2.97. The summed E-state index contributed by atoms with van der Waals surface area (Å²) in [4.78, 5) is 25.8. The van der Waals surface area contributed by atoms with Gasteiger partial charge in [-0.25, -0.2) is 15.0 Å². The van der Waals surface area contributed by atoms with Gasteiger partial charge in [0.05, 0.1) is 10.2 Å². The van der Waals surface area contributed by atoms with Gasteiger partial charge in [-0.05, 0) is 25.0 Å². The molecule has 0 fully saturated rings. The zero-order chi connectivity index (χ0) is 17.6. The molecule has 0 saturated heterocycles. The van der Waals surface area contributed by atoms with Crippen LogP contribution in [0, 0.1) is 12.8 Å². The smallest absolute Gasteiger partial charge is 0.247 e. The van der Waals surface area contributed by atoms with E-state index in [1.165, 1.54) is 11.3 Å². The van der Waals surface area contributed by atoms with Crippen molar-refractivity contribution in [2.75, 3.05) is 16.0 Å². The Morgan fingerprint density at radius 3 is 2.76 bits per heavy atom. The van der Waals surface area contributed by atoms with Crippen molar-refractivity contribution in [2.45, 2.75) is 26.8 Å². The van der Waals surface area contributed by atoms with Gasteiger partial charge in [0, 0.05) is 0 Å². The van der Waals surface area contributed by atoms with Gasteiger partial charge >= 0.3 is 0 Å². The molecule has 1 amide bonds. The third-order valence-electron chi connectivity index (χ3n) is 4.03. The molecule has 1 atom stereocenters. The van der Waals surface area contributed by atoms with Gasteiger partial charge in [-0.2, -0.15) is 0 Å². The van der Waals surface area contributed by atoms with Crippen LogP contribution in [-0.2, 0) is 4.79 Å². The molecule has 0 saturated carbocycles. The molecule has 3 heterocycles. The molecule has 0 bridgehead atoms. The largest absolute Gasteiger partial charge is 0.356 e. The molecule has 2 aromatic heterocycles. The zero-order valence-electron chi connectivity index (χ0n) is 14.1. The number of anilines is 4. The SMILES string of the molecule is Cc1nc(Nc2nc3ccccc3s2)c2c(n1)NC(C(C)C)C(=O)N2. The number of carbonyl (C=O) groups excluding carboxylic acids is 1. The number of nitrogens with zero attached hydrogens (tertiary/aromatic N) is 3. The first-order chi connectivity index (χ1) is 12.0. The van der Waals surface area contributed by atoms with Crippen LogP contribution in [0.3, 0.4) is 0 Å². The van der Waals surface area contributed by atoms with Crippen LogP contribution in [0.25, 0.3) is 10.2 Å². The van der Waals surface area contributed by atoms with E-state index in [4.69, 9.17) is 0 Å². The van der Waals surface area contributed by atoms with Crippen molar-refractivity contribution in [1.29, 1.82) is 0 Å². The van der Waals surface area contributed by atoms with Gasteiger partial charge in [-0.3, -0.25) is 4.79 Å². The maximum absolute atomic E-state index is 12.4. The molecular formula is C17H18N6OS. The zero-order valence-corrected chi connectivity index (χ0v) is 14.9. The number of aryl methyl sites for hydroxylation is 1. The maximum Gasteiger partial charge on any atom is 0.247 e. The molecule has 128 valence electrons. The fourth-order valence-electron chi connectivity index (χ4n) is 2.80. The van der Waals surface area contributed by atoms with Gasteiger partial charge in [0.15, 0.2) is 16.8 Å².